The first-order valence-corrected chi connectivity index (χ1v) is 4.06. The van der Waals surface area contributed by atoms with Crippen molar-refractivity contribution in [2.75, 3.05) is 13.1 Å². The molecule has 0 saturated heterocycles. The van der Waals surface area contributed by atoms with Gasteiger partial charge in [0.15, 0.2) is 0 Å². The van der Waals surface area contributed by atoms with Gasteiger partial charge in [-0.25, -0.2) is 0 Å². The fourth-order valence-corrected chi connectivity index (χ4v) is 0.856. The minimum Gasteiger partial charge on any atom is -0.355 e. The summed E-state index contributed by atoms with van der Waals surface area (Å²) in [4.78, 5) is 2.13. The van der Waals surface area contributed by atoms with Crippen molar-refractivity contribution in [1.82, 2.24) is 4.90 Å². The smallest absolute Gasteiger partial charge is 0.0231 e. The Morgan fingerprint density at radius 1 is 1.18 bits per heavy atom. The van der Waals surface area contributed by atoms with Crippen LogP contribution >= 0.6 is 0 Å². The molecular weight excluding hydrogens is 136 g/mol. The van der Waals surface area contributed by atoms with E-state index in [1.54, 1.807) is 0 Å². The lowest BCUT2D eigenvalue weighted by molar-refractivity contribution is 0.491. The summed E-state index contributed by atoms with van der Waals surface area (Å²) in [5, 5.41) is 0. The summed E-state index contributed by atoms with van der Waals surface area (Å²) in [5.74, 6) is 0. The first kappa shape index (κ1) is 10.2. The number of nitrogens with zero attached hydrogens (tertiary/aromatic N) is 1. The van der Waals surface area contributed by atoms with Crippen LogP contribution in [0.25, 0.3) is 0 Å². The van der Waals surface area contributed by atoms with Crippen molar-refractivity contribution in [2.24, 2.45) is 5.73 Å². The Labute approximate surface area is 69.4 Å². The lowest BCUT2D eigenvalue weighted by Gasteiger charge is -2.13. The van der Waals surface area contributed by atoms with Gasteiger partial charge in [-0.05, 0) is 39.2 Å². The fraction of sp³-hybridized carbons (Fsp3) is 0.556. The predicted octanol–water partition coefficient (Wildman–Crippen LogP) is 1.70. The first-order valence-electron chi connectivity index (χ1n) is 4.06. The zero-order valence-electron chi connectivity index (χ0n) is 7.46. The van der Waals surface area contributed by atoms with Crippen molar-refractivity contribution in [2.45, 2.75) is 20.3 Å². The van der Waals surface area contributed by atoms with Crippen molar-refractivity contribution < 1.29 is 0 Å². The number of hydrogen-bond acceptors (Lipinski definition) is 2. The van der Waals surface area contributed by atoms with E-state index < -0.39 is 0 Å². The molecular formula is C9H18N2. The fourth-order valence-electron chi connectivity index (χ4n) is 0.856. The minimum atomic E-state index is 0.756. The van der Waals surface area contributed by atoms with Gasteiger partial charge < -0.3 is 10.6 Å². The van der Waals surface area contributed by atoms with Gasteiger partial charge in [0.25, 0.3) is 0 Å². The van der Waals surface area contributed by atoms with Crippen molar-refractivity contribution in [3.05, 3.63) is 24.6 Å². The zero-order valence-corrected chi connectivity index (χ0v) is 7.46. The number of allylic oxidation sites excluding steroid dienone is 2. The molecule has 0 heterocycles. The molecule has 2 nitrogen and oxygen atoms in total. The maximum Gasteiger partial charge on any atom is 0.0231 e. The van der Waals surface area contributed by atoms with Crippen molar-refractivity contribution in [3.63, 3.8) is 0 Å². The highest BCUT2D eigenvalue weighted by Crippen LogP contribution is 1.93. The van der Waals surface area contributed by atoms with Gasteiger partial charge in [0.1, 0.15) is 0 Å². The first-order chi connectivity index (χ1) is 5.35. The van der Waals surface area contributed by atoms with E-state index in [1.807, 2.05) is 26.0 Å². The maximum absolute atomic E-state index is 5.39. The molecule has 0 saturated carbocycles. The molecule has 64 valence electrons. The molecule has 0 amide bonds. The molecule has 0 unspecified atom stereocenters. The normalized spacial score (nSPS) is 11.5. The lowest BCUT2D eigenvalue weighted by atomic mass is 10.4. The summed E-state index contributed by atoms with van der Waals surface area (Å²) in [6, 6.07) is 0. The van der Waals surface area contributed by atoms with E-state index in [2.05, 4.69) is 17.3 Å². The average Bonchev–Trinajstić information content (AvgIpc) is 2.01. The van der Waals surface area contributed by atoms with Gasteiger partial charge in [0.2, 0.25) is 0 Å². The van der Waals surface area contributed by atoms with E-state index in [9.17, 15) is 0 Å². The topological polar surface area (TPSA) is 29.3 Å². The number of nitrogens with two attached hydrogens (primary N) is 1. The highest BCUT2D eigenvalue weighted by Gasteiger charge is 1.90. The number of rotatable bonds is 5. The van der Waals surface area contributed by atoms with Crippen LogP contribution in [-0.2, 0) is 0 Å². The van der Waals surface area contributed by atoms with Crippen LogP contribution in [0.5, 0.6) is 0 Å². The largest absolute Gasteiger partial charge is 0.355 e. The predicted molar refractivity (Wildman–Crippen MR) is 50.0 cm³/mol. The Hall–Kier alpha value is -0.760. The third-order valence-electron chi connectivity index (χ3n) is 1.30. The summed E-state index contributed by atoms with van der Waals surface area (Å²) in [6.07, 6.45) is 9.19. The Morgan fingerprint density at radius 3 is 2.09 bits per heavy atom. The molecule has 0 aliphatic heterocycles. The molecule has 0 fully saturated rings. The molecule has 11 heavy (non-hydrogen) atoms. The Bertz CT molecular complexity index is 116. The quantitative estimate of drug-likeness (QED) is 0.653. The molecule has 0 aromatic heterocycles. The molecule has 0 aliphatic rings. The summed E-state index contributed by atoms with van der Waals surface area (Å²) in [7, 11) is 0. The van der Waals surface area contributed by atoms with E-state index >= 15 is 0 Å². The molecule has 2 heteroatoms. The van der Waals surface area contributed by atoms with Gasteiger partial charge in [-0.15, -0.1) is 0 Å². The van der Waals surface area contributed by atoms with Crippen LogP contribution < -0.4 is 5.73 Å². The Morgan fingerprint density at radius 2 is 1.73 bits per heavy atom. The Balaban J connectivity index is 3.69. The molecule has 0 rings (SSSR count). The monoisotopic (exact) mass is 154 g/mol. The average molecular weight is 154 g/mol. The van der Waals surface area contributed by atoms with Gasteiger partial charge in [-0.2, -0.15) is 0 Å². The van der Waals surface area contributed by atoms with E-state index in [0.717, 1.165) is 19.5 Å². The third kappa shape index (κ3) is 5.67. The standard InChI is InChI=1S/C9H18N2/c1-3-7-11(8-4-2)9-5-6-10/h3-4,7-8H,5-6,9-10H2,1-2H3/b7-3-,8-4-. The summed E-state index contributed by atoms with van der Waals surface area (Å²) in [6.45, 7) is 5.79. The van der Waals surface area contributed by atoms with Crippen LogP contribution in [-0.4, -0.2) is 18.0 Å². The second-order valence-corrected chi connectivity index (χ2v) is 2.34. The summed E-state index contributed by atoms with van der Waals surface area (Å²) < 4.78 is 0. The van der Waals surface area contributed by atoms with Gasteiger partial charge >= 0.3 is 0 Å². The maximum atomic E-state index is 5.39. The van der Waals surface area contributed by atoms with Crippen LogP contribution in [0.3, 0.4) is 0 Å². The molecule has 0 atom stereocenters. The van der Waals surface area contributed by atoms with Crippen LogP contribution in [0.15, 0.2) is 24.6 Å². The van der Waals surface area contributed by atoms with Crippen molar-refractivity contribution >= 4 is 0 Å². The minimum absolute atomic E-state index is 0.756. The van der Waals surface area contributed by atoms with Crippen LogP contribution in [0, 0.1) is 0 Å². The van der Waals surface area contributed by atoms with Gasteiger partial charge in [0.05, 0.1) is 0 Å². The van der Waals surface area contributed by atoms with Gasteiger partial charge in [0, 0.05) is 6.54 Å². The molecule has 0 aliphatic carbocycles. The van der Waals surface area contributed by atoms with E-state index in [1.165, 1.54) is 0 Å². The lowest BCUT2D eigenvalue weighted by Crippen LogP contribution is -2.14. The second-order valence-electron chi connectivity index (χ2n) is 2.34. The van der Waals surface area contributed by atoms with Crippen LogP contribution in [0.1, 0.15) is 20.3 Å². The van der Waals surface area contributed by atoms with Gasteiger partial charge in [-0.1, -0.05) is 12.2 Å². The van der Waals surface area contributed by atoms with E-state index in [-0.39, 0.29) is 0 Å². The second kappa shape index (κ2) is 7.35. The highest BCUT2D eigenvalue weighted by atomic mass is 15.1. The molecule has 0 aromatic carbocycles. The SMILES string of the molecule is C/C=C\N(/C=C\C)CCCN. The van der Waals surface area contributed by atoms with Crippen molar-refractivity contribution in [3.8, 4) is 0 Å². The molecule has 2 N–H and O–H groups in total. The van der Waals surface area contributed by atoms with Crippen LogP contribution in [0.2, 0.25) is 0 Å². The molecule has 0 radical (unpaired) electrons. The summed E-state index contributed by atoms with van der Waals surface area (Å²) >= 11 is 0. The number of hydrogen-bond donors (Lipinski definition) is 1. The summed E-state index contributed by atoms with van der Waals surface area (Å²) in [5.41, 5.74) is 5.39. The van der Waals surface area contributed by atoms with Crippen molar-refractivity contribution in [1.29, 1.82) is 0 Å². The van der Waals surface area contributed by atoms with E-state index in [0.29, 0.717) is 0 Å². The highest BCUT2D eigenvalue weighted by molar-refractivity contribution is 4.88. The zero-order chi connectivity index (χ0) is 8.53. The van der Waals surface area contributed by atoms with Gasteiger partial charge in [-0.3, -0.25) is 0 Å². The van der Waals surface area contributed by atoms with E-state index in [4.69, 9.17) is 5.73 Å². The third-order valence-corrected chi connectivity index (χ3v) is 1.30. The Kier molecular flexibility index (Phi) is 6.84. The molecule has 0 bridgehead atoms. The van der Waals surface area contributed by atoms with Crippen LogP contribution in [0.4, 0.5) is 0 Å². The molecule has 0 spiro atoms. The molecule has 0 aromatic rings.